The molecule has 7 nitrogen and oxygen atoms in total. The zero-order valence-electron chi connectivity index (χ0n) is 16.9. The topological polar surface area (TPSA) is 96.5 Å². The molecule has 3 rings (SSSR count). The van der Waals surface area contributed by atoms with Crippen molar-refractivity contribution in [2.45, 2.75) is 25.9 Å². The fourth-order valence-corrected chi connectivity index (χ4v) is 3.17. The zero-order valence-corrected chi connectivity index (χ0v) is 18.4. The van der Waals surface area contributed by atoms with Gasteiger partial charge >= 0.3 is 0 Å². The Morgan fingerprint density at radius 3 is 2.35 bits per heavy atom. The van der Waals surface area contributed by atoms with Gasteiger partial charge in [0.1, 0.15) is 5.75 Å². The number of hydrogen-bond donors (Lipinski definition) is 3. The van der Waals surface area contributed by atoms with E-state index in [1.165, 1.54) is 6.07 Å². The molecule has 164 valence electrons. The van der Waals surface area contributed by atoms with Crippen LogP contribution < -0.4 is 20.7 Å². The fraction of sp³-hybridized carbons (Fsp3) is 0.318. The summed E-state index contributed by atoms with van der Waals surface area (Å²) in [6, 6.07) is 11.2. The first-order valence-electron chi connectivity index (χ1n) is 9.92. The van der Waals surface area contributed by atoms with Crippen molar-refractivity contribution in [3.8, 4) is 5.75 Å². The minimum Gasteiger partial charge on any atom is -0.479 e. The maximum absolute atomic E-state index is 12.4. The number of ether oxygens (including phenoxy) is 1. The van der Waals surface area contributed by atoms with Crippen molar-refractivity contribution < 1.29 is 19.1 Å². The maximum atomic E-state index is 12.4. The SMILES string of the molecule is CC(Oc1ccc(Cl)cc1Cl)C(=O)Nc1ccc(C(=O)NCCNC(=O)C2CC2)cc1. The molecule has 1 fully saturated rings. The largest absolute Gasteiger partial charge is 0.479 e. The maximum Gasteiger partial charge on any atom is 0.265 e. The smallest absolute Gasteiger partial charge is 0.265 e. The molecule has 1 unspecified atom stereocenters. The third kappa shape index (κ3) is 6.87. The summed E-state index contributed by atoms with van der Waals surface area (Å²) in [4.78, 5) is 36.1. The summed E-state index contributed by atoms with van der Waals surface area (Å²) in [6.45, 7) is 2.34. The molecule has 1 saturated carbocycles. The highest BCUT2D eigenvalue weighted by molar-refractivity contribution is 6.35. The molecule has 0 bridgehead atoms. The van der Waals surface area contributed by atoms with Gasteiger partial charge in [0, 0.05) is 35.3 Å². The van der Waals surface area contributed by atoms with Crippen molar-refractivity contribution in [2.24, 2.45) is 5.92 Å². The summed E-state index contributed by atoms with van der Waals surface area (Å²) >= 11 is 11.9. The Hall–Kier alpha value is -2.77. The van der Waals surface area contributed by atoms with Crippen LogP contribution in [0.25, 0.3) is 0 Å². The number of benzene rings is 2. The molecule has 31 heavy (non-hydrogen) atoms. The molecule has 1 aliphatic carbocycles. The Morgan fingerprint density at radius 2 is 1.71 bits per heavy atom. The molecule has 0 aliphatic heterocycles. The molecule has 0 aromatic heterocycles. The zero-order chi connectivity index (χ0) is 22.4. The Morgan fingerprint density at radius 1 is 1.03 bits per heavy atom. The lowest BCUT2D eigenvalue weighted by molar-refractivity contribution is -0.122. The number of hydrogen-bond acceptors (Lipinski definition) is 4. The van der Waals surface area contributed by atoms with Crippen LogP contribution in [0.5, 0.6) is 5.75 Å². The van der Waals surface area contributed by atoms with Crippen LogP contribution in [-0.2, 0) is 9.59 Å². The van der Waals surface area contributed by atoms with Gasteiger partial charge in [-0.15, -0.1) is 0 Å². The van der Waals surface area contributed by atoms with E-state index < -0.39 is 6.10 Å². The predicted octanol–water partition coefficient (Wildman–Crippen LogP) is 3.66. The van der Waals surface area contributed by atoms with Crippen molar-refractivity contribution in [1.29, 1.82) is 0 Å². The Labute approximate surface area is 190 Å². The van der Waals surface area contributed by atoms with Crippen LogP contribution >= 0.6 is 23.2 Å². The molecular weight excluding hydrogens is 441 g/mol. The highest BCUT2D eigenvalue weighted by Crippen LogP contribution is 2.29. The molecule has 1 aliphatic rings. The Kier molecular flexibility index (Phi) is 7.76. The van der Waals surface area contributed by atoms with Gasteiger partial charge in [-0.05, 0) is 62.2 Å². The summed E-state index contributed by atoms with van der Waals surface area (Å²) < 4.78 is 5.59. The molecule has 0 spiro atoms. The minimum atomic E-state index is -0.799. The van der Waals surface area contributed by atoms with E-state index in [1.54, 1.807) is 43.3 Å². The number of anilines is 1. The second kappa shape index (κ2) is 10.5. The number of halogens is 2. The van der Waals surface area contributed by atoms with Gasteiger partial charge in [-0.2, -0.15) is 0 Å². The van der Waals surface area contributed by atoms with E-state index in [-0.39, 0.29) is 23.6 Å². The van der Waals surface area contributed by atoms with Gasteiger partial charge in [0.2, 0.25) is 5.91 Å². The average Bonchev–Trinajstić information content (AvgIpc) is 3.59. The second-order valence-electron chi connectivity index (χ2n) is 7.22. The van der Waals surface area contributed by atoms with Crippen LogP contribution in [0, 0.1) is 5.92 Å². The molecule has 0 radical (unpaired) electrons. The lowest BCUT2D eigenvalue weighted by Crippen LogP contribution is -2.35. The summed E-state index contributed by atoms with van der Waals surface area (Å²) in [6.07, 6.45) is 1.09. The van der Waals surface area contributed by atoms with Gasteiger partial charge < -0.3 is 20.7 Å². The van der Waals surface area contributed by atoms with Crippen LogP contribution in [-0.4, -0.2) is 36.9 Å². The highest BCUT2D eigenvalue weighted by Gasteiger charge is 2.29. The summed E-state index contributed by atoms with van der Waals surface area (Å²) in [5.74, 6) is -0.0723. The summed E-state index contributed by atoms with van der Waals surface area (Å²) in [7, 11) is 0. The van der Waals surface area contributed by atoms with Gasteiger partial charge in [-0.3, -0.25) is 14.4 Å². The van der Waals surface area contributed by atoms with Gasteiger partial charge in [-0.1, -0.05) is 23.2 Å². The first-order valence-corrected chi connectivity index (χ1v) is 10.7. The molecule has 0 heterocycles. The predicted molar refractivity (Wildman–Crippen MR) is 120 cm³/mol. The normalized spacial score (nSPS) is 13.8. The van der Waals surface area contributed by atoms with Gasteiger partial charge in [0.05, 0.1) is 5.02 Å². The quantitative estimate of drug-likeness (QED) is 0.494. The van der Waals surface area contributed by atoms with Gasteiger partial charge in [0.15, 0.2) is 6.10 Å². The molecule has 1 atom stereocenters. The van der Waals surface area contributed by atoms with Crippen LogP contribution in [0.4, 0.5) is 5.69 Å². The van der Waals surface area contributed by atoms with E-state index in [1.807, 2.05) is 0 Å². The fourth-order valence-electron chi connectivity index (χ4n) is 2.72. The standard InChI is InChI=1S/C22H23Cl2N3O4/c1-13(31-19-9-6-16(23)12-18(19)24)20(28)27-17-7-4-15(5-8-17)22(30)26-11-10-25-21(29)14-2-3-14/h4-9,12-14H,2-3,10-11H2,1H3,(H,25,29)(H,26,30)(H,27,28). The highest BCUT2D eigenvalue weighted by atomic mass is 35.5. The van der Waals surface area contributed by atoms with E-state index in [0.29, 0.717) is 40.1 Å². The third-order valence-electron chi connectivity index (χ3n) is 4.64. The van der Waals surface area contributed by atoms with Gasteiger partial charge in [0.25, 0.3) is 11.8 Å². The summed E-state index contributed by atoms with van der Waals surface area (Å²) in [5, 5.41) is 9.05. The summed E-state index contributed by atoms with van der Waals surface area (Å²) in [5.41, 5.74) is 0.972. The lowest BCUT2D eigenvalue weighted by Gasteiger charge is -2.16. The number of carbonyl (C=O) groups excluding carboxylic acids is 3. The number of carbonyl (C=O) groups is 3. The molecule has 2 aromatic carbocycles. The first-order chi connectivity index (χ1) is 14.8. The van der Waals surface area contributed by atoms with Crippen LogP contribution in [0.1, 0.15) is 30.1 Å². The van der Waals surface area contributed by atoms with Crippen LogP contribution in [0.3, 0.4) is 0 Å². The van der Waals surface area contributed by atoms with E-state index in [2.05, 4.69) is 16.0 Å². The van der Waals surface area contributed by atoms with Crippen molar-refractivity contribution >= 4 is 46.6 Å². The Bertz CT molecular complexity index is 962. The van der Waals surface area contributed by atoms with Crippen molar-refractivity contribution in [2.75, 3.05) is 18.4 Å². The molecule has 2 aromatic rings. The Balaban J connectivity index is 1.44. The van der Waals surface area contributed by atoms with E-state index >= 15 is 0 Å². The molecule has 9 heteroatoms. The van der Waals surface area contributed by atoms with E-state index in [0.717, 1.165) is 12.8 Å². The van der Waals surface area contributed by atoms with Crippen molar-refractivity contribution in [3.05, 3.63) is 58.1 Å². The van der Waals surface area contributed by atoms with Crippen LogP contribution in [0.2, 0.25) is 10.0 Å². The first kappa shape index (κ1) is 22.9. The van der Waals surface area contributed by atoms with Gasteiger partial charge in [-0.25, -0.2) is 0 Å². The number of rotatable bonds is 9. The monoisotopic (exact) mass is 463 g/mol. The molecule has 0 saturated heterocycles. The van der Waals surface area contributed by atoms with Crippen LogP contribution in [0.15, 0.2) is 42.5 Å². The minimum absolute atomic E-state index is 0.0471. The third-order valence-corrected chi connectivity index (χ3v) is 5.17. The molecular formula is C22H23Cl2N3O4. The molecule has 3 N–H and O–H groups in total. The second-order valence-corrected chi connectivity index (χ2v) is 8.07. The molecule has 3 amide bonds. The van der Waals surface area contributed by atoms with E-state index in [4.69, 9.17) is 27.9 Å². The number of nitrogens with one attached hydrogen (secondary N) is 3. The van der Waals surface area contributed by atoms with Crippen molar-refractivity contribution in [3.63, 3.8) is 0 Å². The number of amides is 3. The average molecular weight is 464 g/mol. The van der Waals surface area contributed by atoms with Crippen molar-refractivity contribution in [1.82, 2.24) is 10.6 Å². The lowest BCUT2D eigenvalue weighted by atomic mass is 10.2. The van der Waals surface area contributed by atoms with E-state index in [9.17, 15) is 14.4 Å².